The Hall–Kier alpha value is -2.03. The van der Waals surface area contributed by atoms with Crippen LogP contribution in [0.1, 0.15) is 32.9 Å². The molecule has 0 radical (unpaired) electrons. The fourth-order valence-corrected chi connectivity index (χ4v) is 4.45. The third kappa shape index (κ3) is 3.32. The number of thioether (sulfide) groups is 1. The van der Waals surface area contributed by atoms with Crippen LogP contribution in [0.25, 0.3) is 5.78 Å². The lowest BCUT2D eigenvalue weighted by molar-refractivity contribution is 0.0240. The van der Waals surface area contributed by atoms with Crippen molar-refractivity contribution in [3.05, 3.63) is 12.0 Å². The number of nitrogens with zero attached hydrogens (tertiary/aromatic N) is 6. The predicted molar refractivity (Wildman–Crippen MR) is 99.8 cm³/mol. The summed E-state index contributed by atoms with van der Waals surface area (Å²) in [7, 11) is 0. The molecule has 4 rings (SSSR count). The number of carbonyl (C=O) groups is 1. The molecule has 8 nitrogen and oxygen atoms in total. The molecule has 26 heavy (non-hydrogen) atoms. The lowest BCUT2D eigenvalue weighted by Gasteiger charge is -2.37. The molecule has 0 saturated carbocycles. The van der Waals surface area contributed by atoms with Gasteiger partial charge < -0.3 is 14.5 Å². The van der Waals surface area contributed by atoms with Crippen LogP contribution in [0.3, 0.4) is 0 Å². The summed E-state index contributed by atoms with van der Waals surface area (Å²) >= 11 is 1.84. The summed E-state index contributed by atoms with van der Waals surface area (Å²) in [6.07, 6.45) is 3.44. The molecule has 0 atom stereocenters. The number of piperazine rings is 1. The van der Waals surface area contributed by atoms with Crippen molar-refractivity contribution < 1.29 is 9.53 Å². The van der Waals surface area contributed by atoms with Gasteiger partial charge in [0, 0.05) is 26.2 Å². The number of fused-ring (bicyclic) bond motifs is 2. The van der Waals surface area contributed by atoms with Crippen LogP contribution in [0.2, 0.25) is 0 Å². The van der Waals surface area contributed by atoms with Gasteiger partial charge in [-0.15, -0.1) is 11.8 Å². The molecule has 9 heteroatoms. The van der Waals surface area contributed by atoms with Crippen molar-refractivity contribution in [3.8, 4) is 0 Å². The Morgan fingerprint density at radius 1 is 1.23 bits per heavy atom. The molecule has 2 aromatic heterocycles. The van der Waals surface area contributed by atoms with Crippen molar-refractivity contribution in [2.24, 2.45) is 0 Å². The number of hydrogen-bond donors (Lipinski definition) is 0. The maximum Gasteiger partial charge on any atom is 0.410 e. The average molecular weight is 376 g/mol. The first kappa shape index (κ1) is 17.4. The number of aromatic nitrogens is 4. The Bertz CT molecular complexity index is 823. The zero-order valence-electron chi connectivity index (χ0n) is 15.4. The summed E-state index contributed by atoms with van der Waals surface area (Å²) in [5, 5.41) is 4.39. The maximum absolute atomic E-state index is 12.3. The van der Waals surface area contributed by atoms with E-state index in [1.165, 1.54) is 4.90 Å². The summed E-state index contributed by atoms with van der Waals surface area (Å²) in [6, 6.07) is 0. The summed E-state index contributed by atoms with van der Waals surface area (Å²) < 4.78 is 7.33. The number of carbonyl (C=O) groups excluding carboxylic acids is 1. The van der Waals surface area contributed by atoms with Gasteiger partial charge in [0.15, 0.2) is 0 Å². The fraction of sp³-hybridized carbons (Fsp3) is 0.647. The lowest BCUT2D eigenvalue weighted by atomic mass is 10.2. The van der Waals surface area contributed by atoms with Gasteiger partial charge in [-0.1, -0.05) is 0 Å². The molecule has 2 aromatic rings. The lowest BCUT2D eigenvalue weighted by Crippen LogP contribution is -2.50. The summed E-state index contributed by atoms with van der Waals surface area (Å²) in [5.74, 6) is 2.81. The minimum Gasteiger partial charge on any atom is -0.444 e. The predicted octanol–water partition coefficient (Wildman–Crippen LogP) is 2.22. The molecule has 2 aliphatic rings. The second kappa shape index (κ2) is 6.61. The molecule has 0 unspecified atom stereocenters. The molecule has 140 valence electrons. The number of aryl methyl sites for hydroxylation is 1. The minimum absolute atomic E-state index is 0.241. The Morgan fingerprint density at radius 2 is 2.00 bits per heavy atom. The second-order valence-electron chi connectivity index (χ2n) is 7.59. The van der Waals surface area contributed by atoms with Crippen molar-refractivity contribution in [3.63, 3.8) is 0 Å². The van der Waals surface area contributed by atoms with Crippen LogP contribution in [-0.4, -0.2) is 68.1 Å². The van der Waals surface area contributed by atoms with E-state index >= 15 is 0 Å². The molecule has 0 aliphatic carbocycles. The van der Waals surface area contributed by atoms with Gasteiger partial charge in [-0.05, 0) is 39.4 Å². The van der Waals surface area contributed by atoms with Crippen LogP contribution >= 0.6 is 11.8 Å². The van der Waals surface area contributed by atoms with E-state index in [-0.39, 0.29) is 6.09 Å². The van der Waals surface area contributed by atoms with Gasteiger partial charge in [-0.2, -0.15) is 14.6 Å². The van der Waals surface area contributed by atoms with Crippen molar-refractivity contribution in [1.29, 1.82) is 0 Å². The van der Waals surface area contributed by atoms with E-state index in [0.717, 1.165) is 43.2 Å². The third-order valence-electron chi connectivity index (χ3n) is 4.47. The van der Waals surface area contributed by atoms with Gasteiger partial charge in [-0.25, -0.2) is 9.78 Å². The van der Waals surface area contributed by atoms with E-state index in [0.29, 0.717) is 18.9 Å². The number of amides is 1. The average Bonchev–Trinajstić information content (AvgIpc) is 3.06. The van der Waals surface area contributed by atoms with E-state index in [2.05, 4.69) is 20.0 Å². The van der Waals surface area contributed by atoms with Crippen LogP contribution in [0, 0.1) is 0 Å². The number of hydrogen-bond acceptors (Lipinski definition) is 7. The van der Waals surface area contributed by atoms with Gasteiger partial charge in [0.25, 0.3) is 5.78 Å². The normalized spacial score (nSPS) is 18.1. The molecule has 1 fully saturated rings. The Morgan fingerprint density at radius 3 is 2.73 bits per heavy atom. The van der Waals surface area contributed by atoms with Gasteiger partial charge in [0.2, 0.25) is 0 Å². The molecule has 0 N–H and O–H groups in total. The largest absolute Gasteiger partial charge is 0.444 e. The highest BCUT2D eigenvalue weighted by Gasteiger charge is 2.30. The molecule has 0 aromatic carbocycles. The highest BCUT2D eigenvalue weighted by atomic mass is 32.2. The van der Waals surface area contributed by atoms with Crippen molar-refractivity contribution in [1.82, 2.24) is 24.5 Å². The second-order valence-corrected chi connectivity index (χ2v) is 8.69. The summed E-state index contributed by atoms with van der Waals surface area (Å²) in [5.41, 5.74) is 0.647. The van der Waals surface area contributed by atoms with Crippen LogP contribution < -0.4 is 4.90 Å². The van der Waals surface area contributed by atoms with Crippen LogP contribution in [-0.2, 0) is 11.2 Å². The van der Waals surface area contributed by atoms with Crippen LogP contribution in [0.5, 0.6) is 0 Å². The zero-order valence-corrected chi connectivity index (χ0v) is 16.3. The third-order valence-corrected chi connectivity index (χ3v) is 5.67. The quantitative estimate of drug-likeness (QED) is 0.755. The molecular formula is C17H24N6O2S. The Labute approximate surface area is 156 Å². The first-order valence-corrected chi connectivity index (χ1v) is 9.99. The van der Waals surface area contributed by atoms with E-state index in [4.69, 9.17) is 4.74 Å². The monoisotopic (exact) mass is 376 g/mol. The molecule has 2 aliphatic heterocycles. The van der Waals surface area contributed by atoms with Crippen molar-refractivity contribution in [2.45, 2.75) is 44.1 Å². The smallest absolute Gasteiger partial charge is 0.410 e. The molecule has 1 saturated heterocycles. The minimum atomic E-state index is -0.470. The zero-order chi connectivity index (χ0) is 18.3. The number of rotatable bonds is 1. The van der Waals surface area contributed by atoms with Gasteiger partial charge >= 0.3 is 6.09 Å². The van der Waals surface area contributed by atoms with Crippen molar-refractivity contribution >= 4 is 29.5 Å². The molecular weight excluding hydrogens is 352 g/mol. The highest BCUT2D eigenvalue weighted by Crippen LogP contribution is 2.37. The number of anilines is 1. The van der Waals surface area contributed by atoms with Gasteiger partial charge in [0.05, 0.1) is 10.6 Å². The van der Waals surface area contributed by atoms with E-state index in [1.807, 2.05) is 37.0 Å². The van der Waals surface area contributed by atoms with E-state index in [9.17, 15) is 4.79 Å². The van der Waals surface area contributed by atoms with Gasteiger partial charge in [0.1, 0.15) is 17.7 Å². The van der Waals surface area contributed by atoms with E-state index < -0.39 is 5.60 Å². The number of ether oxygens (including phenoxy) is 1. The molecule has 1 amide bonds. The topological polar surface area (TPSA) is 75.9 Å². The molecule has 0 spiro atoms. The van der Waals surface area contributed by atoms with Gasteiger partial charge in [-0.3, -0.25) is 0 Å². The van der Waals surface area contributed by atoms with Crippen LogP contribution in [0.15, 0.2) is 11.2 Å². The Balaban J connectivity index is 1.56. The maximum atomic E-state index is 12.3. The summed E-state index contributed by atoms with van der Waals surface area (Å²) in [4.78, 5) is 26.5. The SMILES string of the molecule is CC(C)(C)OC(=O)N1CCN(c2c3c(nc4ncnn24)CCCS3)CC1. The first-order valence-electron chi connectivity index (χ1n) is 9.01. The van der Waals surface area contributed by atoms with Crippen molar-refractivity contribution in [2.75, 3.05) is 36.8 Å². The van der Waals surface area contributed by atoms with E-state index in [1.54, 1.807) is 11.2 Å². The standard InChI is InChI=1S/C17H24N6O2S/c1-17(2,3)25-16(24)22-8-6-21(7-9-22)14-13-12(5-4-10-26-13)20-15-18-11-19-23(14)15/h11H,4-10H2,1-3H3. The first-order chi connectivity index (χ1) is 12.4. The summed E-state index contributed by atoms with van der Waals surface area (Å²) in [6.45, 7) is 8.42. The highest BCUT2D eigenvalue weighted by molar-refractivity contribution is 7.99. The Kier molecular flexibility index (Phi) is 4.42. The van der Waals surface area contributed by atoms with Crippen LogP contribution in [0.4, 0.5) is 10.6 Å². The fourth-order valence-electron chi connectivity index (χ4n) is 3.29. The molecule has 4 heterocycles. The molecule has 0 bridgehead atoms.